The maximum absolute atomic E-state index is 11.9. The van der Waals surface area contributed by atoms with Crippen LogP contribution in [0.4, 0.5) is 5.69 Å². The van der Waals surface area contributed by atoms with Gasteiger partial charge in [-0.15, -0.1) is 0 Å². The number of nitrogens with zero attached hydrogens (tertiary/aromatic N) is 2. The molecule has 1 aromatic heterocycles. The van der Waals surface area contributed by atoms with Gasteiger partial charge in [-0.25, -0.2) is 0 Å². The molecule has 0 saturated carbocycles. The van der Waals surface area contributed by atoms with Crippen molar-refractivity contribution >= 4 is 11.6 Å². The van der Waals surface area contributed by atoms with Crippen LogP contribution >= 0.6 is 0 Å². The zero-order chi connectivity index (χ0) is 13.2. The minimum atomic E-state index is -0.948. The molecule has 0 saturated heterocycles. The van der Waals surface area contributed by atoms with Crippen LogP contribution < -0.4 is 11.1 Å². The molecule has 1 aromatic rings. The molecule has 1 heterocycles. The Bertz CT molecular complexity index is 418. The summed E-state index contributed by atoms with van der Waals surface area (Å²) in [6, 6.07) is 0. The van der Waals surface area contributed by atoms with Crippen molar-refractivity contribution in [3.63, 3.8) is 0 Å². The Morgan fingerprint density at radius 3 is 2.59 bits per heavy atom. The van der Waals surface area contributed by atoms with E-state index in [4.69, 9.17) is 5.73 Å². The van der Waals surface area contributed by atoms with Crippen molar-refractivity contribution in [2.24, 2.45) is 7.05 Å². The number of hydrogen-bond acceptors (Lipinski definition) is 4. The fraction of sp³-hybridized carbons (Fsp3) is 0.636. The fourth-order valence-corrected chi connectivity index (χ4v) is 1.51. The minimum Gasteiger partial charge on any atom is -0.395 e. The number of anilines is 1. The Hall–Kier alpha value is -1.56. The van der Waals surface area contributed by atoms with E-state index < -0.39 is 5.60 Å². The Labute approximate surface area is 101 Å². The number of aliphatic hydroxyl groups is 1. The predicted octanol–water partition coefficient (Wildman–Crippen LogP) is 0.0654. The highest BCUT2D eigenvalue weighted by atomic mass is 16.3. The van der Waals surface area contributed by atoms with Gasteiger partial charge in [0.1, 0.15) is 5.69 Å². The van der Waals surface area contributed by atoms with Crippen LogP contribution in [0.3, 0.4) is 0 Å². The summed E-state index contributed by atoms with van der Waals surface area (Å²) in [6.07, 6.45) is 0.679. The second-order valence-electron chi connectivity index (χ2n) is 4.68. The van der Waals surface area contributed by atoms with Gasteiger partial charge in [0.15, 0.2) is 0 Å². The van der Waals surface area contributed by atoms with Crippen molar-refractivity contribution in [1.82, 2.24) is 15.1 Å². The average Bonchev–Trinajstić information content (AvgIpc) is 2.49. The molecule has 0 unspecified atom stereocenters. The molecule has 0 aromatic carbocycles. The number of aromatic nitrogens is 2. The first-order chi connectivity index (χ1) is 7.76. The molecule has 1 rings (SSSR count). The number of nitrogen functional groups attached to an aromatic ring is 1. The maximum atomic E-state index is 11.9. The van der Waals surface area contributed by atoms with Gasteiger partial charge in [0.2, 0.25) is 0 Å². The Morgan fingerprint density at radius 2 is 2.18 bits per heavy atom. The normalized spacial score (nSPS) is 11.6. The maximum Gasteiger partial charge on any atom is 0.271 e. The summed E-state index contributed by atoms with van der Waals surface area (Å²) in [4.78, 5) is 11.9. The Morgan fingerprint density at radius 1 is 1.59 bits per heavy atom. The Balaban J connectivity index is 2.86. The van der Waals surface area contributed by atoms with Crippen molar-refractivity contribution in [1.29, 1.82) is 0 Å². The van der Waals surface area contributed by atoms with Crippen molar-refractivity contribution in [2.75, 3.05) is 12.3 Å². The standard InChI is InChI=1S/C11H20N4O2/c1-5-7-8(12)9(15(4)14-7)10(16)13-6-11(2,3)17/h17H,5-6,12H2,1-4H3,(H,13,16). The molecule has 6 nitrogen and oxygen atoms in total. The number of aryl methyl sites for hydroxylation is 2. The third-order valence-electron chi connectivity index (χ3n) is 2.39. The third kappa shape index (κ3) is 3.20. The highest BCUT2D eigenvalue weighted by Gasteiger charge is 2.21. The molecular formula is C11H20N4O2. The summed E-state index contributed by atoms with van der Waals surface area (Å²) in [5.41, 5.74) is 6.35. The summed E-state index contributed by atoms with van der Waals surface area (Å²) in [5, 5.41) is 16.3. The summed E-state index contributed by atoms with van der Waals surface area (Å²) < 4.78 is 1.47. The quantitative estimate of drug-likeness (QED) is 0.694. The first-order valence-electron chi connectivity index (χ1n) is 5.58. The molecule has 0 radical (unpaired) electrons. The lowest BCUT2D eigenvalue weighted by Gasteiger charge is -2.17. The lowest BCUT2D eigenvalue weighted by Crippen LogP contribution is -2.39. The van der Waals surface area contributed by atoms with Crippen LogP contribution in [0.1, 0.15) is 37.0 Å². The molecular weight excluding hydrogens is 220 g/mol. The largest absolute Gasteiger partial charge is 0.395 e. The predicted molar refractivity (Wildman–Crippen MR) is 65.6 cm³/mol. The van der Waals surface area contributed by atoms with Gasteiger partial charge in [-0.3, -0.25) is 9.48 Å². The number of carbonyl (C=O) groups excluding carboxylic acids is 1. The molecule has 4 N–H and O–H groups in total. The second-order valence-corrected chi connectivity index (χ2v) is 4.68. The van der Waals surface area contributed by atoms with Crippen LogP contribution in [-0.2, 0) is 13.5 Å². The van der Waals surface area contributed by atoms with Crippen LogP contribution in [0, 0.1) is 0 Å². The number of rotatable bonds is 4. The molecule has 96 valence electrons. The molecule has 6 heteroatoms. The molecule has 17 heavy (non-hydrogen) atoms. The molecule has 0 bridgehead atoms. The zero-order valence-corrected chi connectivity index (χ0v) is 10.7. The van der Waals surface area contributed by atoms with Crippen molar-refractivity contribution < 1.29 is 9.90 Å². The molecule has 1 amide bonds. The van der Waals surface area contributed by atoms with E-state index >= 15 is 0 Å². The van der Waals surface area contributed by atoms with Crippen LogP contribution in [0.25, 0.3) is 0 Å². The van der Waals surface area contributed by atoms with Gasteiger partial charge in [-0.1, -0.05) is 6.92 Å². The van der Waals surface area contributed by atoms with E-state index in [9.17, 15) is 9.90 Å². The first kappa shape index (κ1) is 13.5. The van der Waals surface area contributed by atoms with Gasteiger partial charge < -0.3 is 16.2 Å². The van der Waals surface area contributed by atoms with Crippen molar-refractivity contribution in [2.45, 2.75) is 32.8 Å². The van der Waals surface area contributed by atoms with E-state index in [1.165, 1.54) is 4.68 Å². The van der Waals surface area contributed by atoms with E-state index in [0.29, 0.717) is 23.5 Å². The summed E-state index contributed by atoms with van der Waals surface area (Å²) in [7, 11) is 1.68. The van der Waals surface area contributed by atoms with Gasteiger partial charge in [0.05, 0.1) is 17.0 Å². The van der Waals surface area contributed by atoms with Crippen LogP contribution in [0.5, 0.6) is 0 Å². The average molecular weight is 240 g/mol. The highest BCUT2D eigenvalue weighted by molar-refractivity contribution is 5.98. The van der Waals surface area contributed by atoms with E-state index in [1.807, 2.05) is 6.92 Å². The first-order valence-corrected chi connectivity index (χ1v) is 5.58. The van der Waals surface area contributed by atoms with Crippen LogP contribution in [-0.4, -0.2) is 32.9 Å². The molecule has 0 aliphatic heterocycles. The Kier molecular flexibility index (Phi) is 3.77. The van der Waals surface area contributed by atoms with Gasteiger partial charge >= 0.3 is 0 Å². The molecule has 0 spiro atoms. The minimum absolute atomic E-state index is 0.165. The number of carbonyl (C=O) groups is 1. The van der Waals surface area contributed by atoms with Gasteiger partial charge in [-0.05, 0) is 20.3 Å². The number of nitrogens with two attached hydrogens (primary N) is 1. The SMILES string of the molecule is CCc1nn(C)c(C(=O)NCC(C)(C)O)c1N. The second kappa shape index (κ2) is 4.75. The smallest absolute Gasteiger partial charge is 0.271 e. The van der Waals surface area contributed by atoms with E-state index in [1.54, 1.807) is 20.9 Å². The lowest BCUT2D eigenvalue weighted by atomic mass is 10.1. The van der Waals surface area contributed by atoms with Crippen molar-refractivity contribution in [3.05, 3.63) is 11.4 Å². The van der Waals surface area contributed by atoms with E-state index in [-0.39, 0.29) is 12.5 Å². The summed E-state index contributed by atoms with van der Waals surface area (Å²) in [5.74, 6) is -0.320. The van der Waals surface area contributed by atoms with E-state index in [2.05, 4.69) is 10.4 Å². The topological polar surface area (TPSA) is 93.2 Å². The van der Waals surface area contributed by atoms with Crippen LogP contribution in [0.2, 0.25) is 0 Å². The molecule has 0 fully saturated rings. The van der Waals surface area contributed by atoms with Gasteiger partial charge in [0.25, 0.3) is 5.91 Å². The summed E-state index contributed by atoms with van der Waals surface area (Å²) >= 11 is 0. The fourth-order valence-electron chi connectivity index (χ4n) is 1.51. The number of amides is 1. The number of nitrogens with one attached hydrogen (secondary N) is 1. The molecule has 0 atom stereocenters. The van der Waals surface area contributed by atoms with Gasteiger partial charge in [-0.2, -0.15) is 5.10 Å². The summed E-state index contributed by atoms with van der Waals surface area (Å²) in [6.45, 7) is 5.34. The monoisotopic (exact) mass is 240 g/mol. The van der Waals surface area contributed by atoms with Gasteiger partial charge in [0, 0.05) is 13.6 Å². The zero-order valence-electron chi connectivity index (χ0n) is 10.7. The third-order valence-corrected chi connectivity index (χ3v) is 2.39. The highest BCUT2D eigenvalue weighted by Crippen LogP contribution is 2.16. The lowest BCUT2D eigenvalue weighted by molar-refractivity contribution is 0.0690. The van der Waals surface area contributed by atoms with Crippen LogP contribution in [0.15, 0.2) is 0 Å². The van der Waals surface area contributed by atoms with E-state index in [0.717, 1.165) is 0 Å². The van der Waals surface area contributed by atoms with Crippen molar-refractivity contribution in [3.8, 4) is 0 Å². The molecule has 0 aliphatic rings. The molecule has 0 aliphatic carbocycles. The number of hydrogen-bond donors (Lipinski definition) is 3.